The Kier molecular flexibility index (Phi) is 4.62. The van der Waals surface area contributed by atoms with E-state index in [0.717, 1.165) is 23.7 Å². The summed E-state index contributed by atoms with van der Waals surface area (Å²) in [6, 6.07) is 4.19. The van der Waals surface area contributed by atoms with Crippen LogP contribution in [0.1, 0.15) is 83.3 Å². The first-order valence-corrected chi connectivity index (χ1v) is 9.47. The predicted molar refractivity (Wildman–Crippen MR) is 95.3 cm³/mol. The Balaban J connectivity index is 1.94. The van der Waals surface area contributed by atoms with Gasteiger partial charge in [-0.2, -0.15) is 0 Å². The Morgan fingerprint density at radius 2 is 2.00 bits per heavy atom. The highest BCUT2D eigenvalue weighted by Gasteiger charge is 2.47. The van der Waals surface area contributed by atoms with Crippen molar-refractivity contribution in [2.75, 3.05) is 0 Å². The molecule has 1 aromatic rings. The largest absolute Gasteiger partial charge is 0.508 e. The van der Waals surface area contributed by atoms with Gasteiger partial charge in [0.2, 0.25) is 0 Å². The molecule has 23 heavy (non-hydrogen) atoms. The average Bonchev–Trinajstić information content (AvgIpc) is 2.46. The maximum absolute atomic E-state index is 10.7. The van der Waals surface area contributed by atoms with Crippen LogP contribution in [0.25, 0.3) is 0 Å². The fourth-order valence-electron chi connectivity index (χ4n) is 4.74. The third-order valence-corrected chi connectivity index (χ3v) is 6.00. The van der Waals surface area contributed by atoms with Crippen LogP contribution in [0.5, 0.6) is 11.5 Å². The van der Waals surface area contributed by atoms with Gasteiger partial charge in [-0.25, -0.2) is 0 Å². The van der Waals surface area contributed by atoms with E-state index < -0.39 is 0 Å². The Hall–Kier alpha value is -1.18. The number of phenols is 1. The smallest absolute Gasteiger partial charge is 0.127 e. The van der Waals surface area contributed by atoms with Crippen molar-refractivity contribution >= 4 is 0 Å². The van der Waals surface area contributed by atoms with E-state index in [1.807, 2.05) is 6.07 Å². The molecule has 1 fully saturated rings. The SMILES string of the molecule is CCCCCc1cc(O)c2c(c1)OC(C)(C)[C@@H]1CCC(C)CC21. The monoisotopic (exact) mass is 316 g/mol. The van der Waals surface area contributed by atoms with Crippen LogP contribution in [-0.4, -0.2) is 10.7 Å². The van der Waals surface area contributed by atoms with E-state index in [0.29, 0.717) is 17.6 Å². The van der Waals surface area contributed by atoms with Crippen molar-refractivity contribution in [3.8, 4) is 11.5 Å². The molecular formula is C21H32O2. The zero-order valence-corrected chi connectivity index (χ0v) is 15.2. The maximum Gasteiger partial charge on any atom is 0.127 e. The summed E-state index contributed by atoms with van der Waals surface area (Å²) in [7, 11) is 0. The number of ether oxygens (including phenoxy) is 1. The molecule has 3 rings (SSSR count). The molecule has 3 atom stereocenters. The van der Waals surface area contributed by atoms with Crippen LogP contribution >= 0.6 is 0 Å². The number of aromatic hydroxyl groups is 1. The second-order valence-corrected chi connectivity index (χ2v) is 8.32. The van der Waals surface area contributed by atoms with Crippen LogP contribution in [0.15, 0.2) is 12.1 Å². The van der Waals surface area contributed by atoms with Crippen molar-refractivity contribution < 1.29 is 9.84 Å². The topological polar surface area (TPSA) is 29.5 Å². The van der Waals surface area contributed by atoms with Gasteiger partial charge in [0.15, 0.2) is 0 Å². The van der Waals surface area contributed by atoms with Gasteiger partial charge in [0.1, 0.15) is 17.1 Å². The molecule has 0 radical (unpaired) electrons. The maximum atomic E-state index is 10.7. The highest BCUT2D eigenvalue weighted by Crippen LogP contribution is 2.55. The molecule has 1 heterocycles. The van der Waals surface area contributed by atoms with Crippen molar-refractivity contribution in [2.45, 2.75) is 84.2 Å². The highest BCUT2D eigenvalue weighted by atomic mass is 16.5. The van der Waals surface area contributed by atoms with Crippen molar-refractivity contribution in [2.24, 2.45) is 11.8 Å². The quantitative estimate of drug-likeness (QED) is 0.710. The van der Waals surface area contributed by atoms with E-state index >= 15 is 0 Å². The lowest BCUT2D eigenvalue weighted by Crippen LogP contribution is -2.46. The second-order valence-electron chi connectivity index (χ2n) is 8.32. The van der Waals surface area contributed by atoms with Crippen LogP contribution in [-0.2, 0) is 6.42 Å². The molecule has 1 aliphatic heterocycles. The molecule has 1 aliphatic carbocycles. The lowest BCUT2D eigenvalue weighted by atomic mass is 9.64. The molecule has 0 bridgehead atoms. The molecule has 128 valence electrons. The normalized spacial score (nSPS) is 28.6. The summed E-state index contributed by atoms with van der Waals surface area (Å²) < 4.78 is 6.39. The van der Waals surface area contributed by atoms with Gasteiger partial charge < -0.3 is 9.84 Å². The van der Waals surface area contributed by atoms with E-state index in [4.69, 9.17) is 4.74 Å². The summed E-state index contributed by atoms with van der Waals surface area (Å²) >= 11 is 0. The van der Waals surface area contributed by atoms with Gasteiger partial charge in [-0.05, 0) is 69.1 Å². The number of aryl methyl sites for hydroxylation is 1. The summed E-state index contributed by atoms with van der Waals surface area (Å²) in [4.78, 5) is 0. The van der Waals surface area contributed by atoms with Crippen LogP contribution < -0.4 is 4.74 Å². The molecule has 2 heteroatoms. The Bertz CT molecular complexity index is 561. The Labute approximate surface area is 141 Å². The van der Waals surface area contributed by atoms with Crippen molar-refractivity contribution in [1.82, 2.24) is 0 Å². The molecule has 0 spiro atoms. The molecule has 0 aromatic heterocycles. The third kappa shape index (κ3) is 3.22. The first kappa shape index (κ1) is 16.7. The fraction of sp³-hybridized carbons (Fsp3) is 0.714. The van der Waals surface area contributed by atoms with E-state index in [1.165, 1.54) is 44.1 Å². The number of hydrogen-bond donors (Lipinski definition) is 1. The lowest BCUT2D eigenvalue weighted by molar-refractivity contribution is -0.0145. The molecule has 1 saturated carbocycles. The summed E-state index contributed by atoms with van der Waals surface area (Å²) in [5, 5.41) is 10.7. The highest BCUT2D eigenvalue weighted by molar-refractivity contribution is 5.52. The first-order chi connectivity index (χ1) is 10.9. The minimum Gasteiger partial charge on any atom is -0.508 e. The van der Waals surface area contributed by atoms with Crippen molar-refractivity contribution in [1.29, 1.82) is 0 Å². The summed E-state index contributed by atoms with van der Waals surface area (Å²) in [6.45, 7) is 9.02. The molecule has 2 aliphatic rings. The third-order valence-electron chi connectivity index (χ3n) is 6.00. The Morgan fingerprint density at radius 3 is 2.74 bits per heavy atom. The van der Waals surface area contributed by atoms with Gasteiger partial charge >= 0.3 is 0 Å². The minimum absolute atomic E-state index is 0.133. The summed E-state index contributed by atoms with van der Waals surface area (Å²) in [5.74, 6) is 3.11. The zero-order valence-electron chi connectivity index (χ0n) is 15.2. The van der Waals surface area contributed by atoms with Crippen LogP contribution in [0.2, 0.25) is 0 Å². The molecule has 0 amide bonds. The van der Waals surface area contributed by atoms with Gasteiger partial charge in [-0.3, -0.25) is 0 Å². The molecule has 0 saturated heterocycles. The van der Waals surface area contributed by atoms with Gasteiger partial charge in [0.05, 0.1) is 0 Å². The number of hydrogen-bond acceptors (Lipinski definition) is 2. The Morgan fingerprint density at radius 1 is 1.22 bits per heavy atom. The molecule has 2 nitrogen and oxygen atoms in total. The average molecular weight is 316 g/mol. The zero-order chi connectivity index (χ0) is 16.6. The number of unbranched alkanes of at least 4 members (excludes halogenated alkanes) is 2. The van der Waals surface area contributed by atoms with Gasteiger partial charge in [-0.1, -0.05) is 33.1 Å². The number of phenolic OH excluding ortho intramolecular Hbond substituents is 1. The number of fused-ring (bicyclic) bond motifs is 3. The number of rotatable bonds is 4. The fourth-order valence-corrected chi connectivity index (χ4v) is 4.74. The van der Waals surface area contributed by atoms with E-state index in [2.05, 4.69) is 33.8 Å². The van der Waals surface area contributed by atoms with Gasteiger partial charge in [-0.15, -0.1) is 0 Å². The summed E-state index contributed by atoms with van der Waals surface area (Å²) in [6.07, 6.45) is 8.33. The summed E-state index contributed by atoms with van der Waals surface area (Å²) in [5.41, 5.74) is 2.17. The van der Waals surface area contributed by atoms with Crippen LogP contribution in [0.3, 0.4) is 0 Å². The van der Waals surface area contributed by atoms with Gasteiger partial charge in [0.25, 0.3) is 0 Å². The number of benzene rings is 1. The molecule has 1 N–H and O–H groups in total. The standard InChI is InChI=1S/C21H32O2/c1-5-6-7-8-15-12-18(22)20-16-11-14(2)9-10-17(16)21(3,4)23-19(20)13-15/h12-14,16-17,22H,5-11H2,1-4H3/t14?,16?,17-/m1/s1. The van der Waals surface area contributed by atoms with Crippen molar-refractivity contribution in [3.63, 3.8) is 0 Å². The lowest BCUT2D eigenvalue weighted by Gasteiger charge is -2.48. The van der Waals surface area contributed by atoms with E-state index in [1.54, 1.807) is 0 Å². The first-order valence-electron chi connectivity index (χ1n) is 9.47. The molecule has 1 aromatic carbocycles. The van der Waals surface area contributed by atoms with E-state index in [9.17, 15) is 5.11 Å². The van der Waals surface area contributed by atoms with Crippen molar-refractivity contribution in [3.05, 3.63) is 23.3 Å². The minimum atomic E-state index is -0.133. The molecule has 2 unspecified atom stereocenters. The second kappa shape index (κ2) is 6.37. The van der Waals surface area contributed by atoms with Crippen LogP contribution in [0, 0.1) is 11.8 Å². The predicted octanol–water partition coefficient (Wildman–Crippen LogP) is 5.82. The molecular weight excluding hydrogens is 284 g/mol. The van der Waals surface area contributed by atoms with E-state index in [-0.39, 0.29) is 5.60 Å². The van der Waals surface area contributed by atoms with Gasteiger partial charge in [0, 0.05) is 11.5 Å². The van der Waals surface area contributed by atoms with Crippen LogP contribution in [0.4, 0.5) is 0 Å².